The Balaban J connectivity index is 1.71. The first kappa shape index (κ1) is 19.9. The molecule has 2 aliphatic rings. The molecule has 148 valence electrons. The number of nitrogens with one attached hydrogen (secondary N) is 1. The van der Waals surface area contributed by atoms with Crippen LogP contribution in [-0.2, 0) is 20.7 Å². The average molecular weight is 393 g/mol. The number of likely N-dealkylation sites (tertiary alicyclic amines) is 1. The molecule has 1 saturated heterocycles. The van der Waals surface area contributed by atoms with E-state index in [1.165, 1.54) is 18.4 Å². The van der Waals surface area contributed by atoms with Gasteiger partial charge in [-0.25, -0.2) is 4.79 Å². The van der Waals surface area contributed by atoms with Crippen molar-refractivity contribution in [2.75, 3.05) is 19.0 Å². The van der Waals surface area contributed by atoms with Crippen LogP contribution in [0.3, 0.4) is 0 Å². The molecule has 1 aliphatic heterocycles. The molecule has 7 heteroatoms. The molecule has 6 nitrogen and oxygen atoms in total. The Labute approximate surface area is 164 Å². The third kappa shape index (κ3) is 4.34. The van der Waals surface area contributed by atoms with Crippen molar-refractivity contribution < 1.29 is 19.1 Å². The number of amides is 2. The van der Waals surface area contributed by atoms with Crippen LogP contribution in [0, 0.1) is 11.8 Å². The van der Waals surface area contributed by atoms with Gasteiger partial charge in [0, 0.05) is 19.0 Å². The Morgan fingerprint density at radius 2 is 2.04 bits per heavy atom. The van der Waals surface area contributed by atoms with Crippen molar-refractivity contribution >= 4 is 34.1 Å². The van der Waals surface area contributed by atoms with Crippen LogP contribution in [0.5, 0.6) is 0 Å². The van der Waals surface area contributed by atoms with Gasteiger partial charge >= 0.3 is 5.97 Å². The van der Waals surface area contributed by atoms with E-state index in [0.29, 0.717) is 29.1 Å². The largest absolute Gasteiger partial charge is 0.465 e. The Morgan fingerprint density at radius 3 is 2.67 bits per heavy atom. The minimum Gasteiger partial charge on any atom is -0.465 e. The molecule has 0 bridgehead atoms. The van der Waals surface area contributed by atoms with Crippen molar-refractivity contribution in [3.63, 3.8) is 0 Å². The van der Waals surface area contributed by atoms with E-state index in [1.807, 2.05) is 10.3 Å². The first-order valence-electron chi connectivity index (χ1n) is 9.69. The van der Waals surface area contributed by atoms with Crippen molar-refractivity contribution in [1.29, 1.82) is 0 Å². The highest BCUT2D eigenvalue weighted by molar-refractivity contribution is 7.15. The van der Waals surface area contributed by atoms with Gasteiger partial charge in [0.25, 0.3) is 0 Å². The molecule has 2 amide bonds. The van der Waals surface area contributed by atoms with E-state index in [0.717, 1.165) is 37.7 Å². The smallest absolute Gasteiger partial charge is 0.341 e. The summed E-state index contributed by atoms with van der Waals surface area (Å²) in [5, 5.41) is 5.32. The molecule has 0 aromatic carbocycles. The summed E-state index contributed by atoms with van der Waals surface area (Å²) in [6.45, 7) is 4.64. The standard InChI is InChI=1S/C20H28N2O4S/c1-12(2)8-14-11-27-19(17(14)20(25)26-3)21-18(24)13-9-16(23)22(10-13)15-6-4-5-7-15/h11-13,15H,4-10H2,1-3H3,(H,21,24). The van der Waals surface area contributed by atoms with E-state index >= 15 is 0 Å². The fourth-order valence-electron chi connectivity index (χ4n) is 4.09. The van der Waals surface area contributed by atoms with Crippen molar-refractivity contribution in [2.24, 2.45) is 11.8 Å². The van der Waals surface area contributed by atoms with Crippen molar-refractivity contribution in [2.45, 2.75) is 58.4 Å². The number of rotatable bonds is 6. The number of ether oxygens (including phenoxy) is 1. The first-order valence-corrected chi connectivity index (χ1v) is 10.6. The van der Waals surface area contributed by atoms with Crippen LogP contribution in [0.2, 0.25) is 0 Å². The topological polar surface area (TPSA) is 75.7 Å². The molecule has 1 aromatic rings. The first-order chi connectivity index (χ1) is 12.9. The Bertz CT molecular complexity index is 722. The van der Waals surface area contributed by atoms with E-state index in [2.05, 4.69) is 19.2 Å². The maximum atomic E-state index is 12.8. The molecule has 0 radical (unpaired) electrons. The molecule has 1 unspecified atom stereocenters. The maximum Gasteiger partial charge on any atom is 0.341 e. The van der Waals surface area contributed by atoms with Crippen LogP contribution < -0.4 is 5.32 Å². The van der Waals surface area contributed by atoms with Gasteiger partial charge in [0.2, 0.25) is 11.8 Å². The van der Waals surface area contributed by atoms with Gasteiger partial charge in [-0.3, -0.25) is 9.59 Å². The molecule has 3 rings (SSSR count). The van der Waals surface area contributed by atoms with Gasteiger partial charge in [-0.05, 0) is 36.1 Å². The lowest BCUT2D eigenvalue weighted by Crippen LogP contribution is -2.35. The molecule has 2 heterocycles. The molecule has 1 saturated carbocycles. The van der Waals surface area contributed by atoms with Crippen LogP contribution in [0.1, 0.15) is 61.9 Å². The molecule has 27 heavy (non-hydrogen) atoms. The van der Waals surface area contributed by atoms with Crippen LogP contribution >= 0.6 is 11.3 Å². The minimum atomic E-state index is -0.433. The Morgan fingerprint density at radius 1 is 1.33 bits per heavy atom. The van der Waals surface area contributed by atoms with Crippen LogP contribution in [0.25, 0.3) is 0 Å². The lowest BCUT2D eigenvalue weighted by atomic mass is 10.0. The van der Waals surface area contributed by atoms with Crippen LogP contribution in [0.4, 0.5) is 5.00 Å². The van der Waals surface area contributed by atoms with Crippen LogP contribution in [0.15, 0.2) is 5.38 Å². The summed E-state index contributed by atoms with van der Waals surface area (Å²) < 4.78 is 4.92. The lowest BCUT2D eigenvalue weighted by Gasteiger charge is -2.23. The monoisotopic (exact) mass is 392 g/mol. The third-order valence-electron chi connectivity index (χ3n) is 5.42. The number of nitrogens with zero attached hydrogens (tertiary/aromatic N) is 1. The summed E-state index contributed by atoms with van der Waals surface area (Å²) in [5.74, 6) is -0.524. The summed E-state index contributed by atoms with van der Waals surface area (Å²) in [6, 6.07) is 0.292. The van der Waals surface area contributed by atoms with E-state index in [1.54, 1.807) is 0 Å². The maximum absolute atomic E-state index is 12.8. The highest BCUT2D eigenvalue weighted by Crippen LogP contribution is 2.33. The summed E-state index contributed by atoms with van der Waals surface area (Å²) in [4.78, 5) is 39.3. The van der Waals surface area contributed by atoms with Gasteiger partial charge in [0.1, 0.15) is 5.00 Å². The zero-order valence-electron chi connectivity index (χ0n) is 16.2. The highest BCUT2D eigenvalue weighted by Gasteiger charge is 2.39. The fraction of sp³-hybridized carbons (Fsp3) is 0.650. The normalized spacial score (nSPS) is 20.5. The number of anilines is 1. The molecule has 2 fully saturated rings. The highest BCUT2D eigenvalue weighted by atomic mass is 32.1. The van der Waals surface area contributed by atoms with Gasteiger partial charge in [-0.2, -0.15) is 0 Å². The number of hydrogen-bond donors (Lipinski definition) is 1. The summed E-state index contributed by atoms with van der Waals surface area (Å²) in [6.07, 6.45) is 5.38. The number of methoxy groups -OCH3 is 1. The number of carbonyl (C=O) groups excluding carboxylic acids is 3. The van der Waals surface area contributed by atoms with Gasteiger partial charge in [0.15, 0.2) is 0 Å². The Hall–Kier alpha value is -1.89. The molecule has 1 aliphatic carbocycles. The molecular formula is C20H28N2O4S. The van der Waals surface area contributed by atoms with Gasteiger partial charge < -0.3 is 15.0 Å². The molecule has 0 spiro atoms. The van der Waals surface area contributed by atoms with Gasteiger partial charge in [-0.1, -0.05) is 26.7 Å². The van der Waals surface area contributed by atoms with Crippen molar-refractivity contribution in [3.05, 3.63) is 16.5 Å². The number of thiophene rings is 1. The predicted molar refractivity (Wildman–Crippen MR) is 105 cm³/mol. The van der Waals surface area contributed by atoms with Crippen LogP contribution in [-0.4, -0.2) is 42.4 Å². The van der Waals surface area contributed by atoms with E-state index in [9.17, 15) is 14.4 Å². The SMILES string of the molecule is COC(=O)c1c(CC(C)C)csc1NC(=O)C1CC(=O)N(C2CCCC2)C1. The number of esters is 1. The molecular weight excluding hydrogens is 364 g/mol. The molecule has 1 atom stereocenters. The molecule has 1 aromatic heterocycles. The quantitative estimate of drug-likeness (QED) is 0.752. The molecule has 1 N–H and O–H groups in total. The van der Waals surface area contributed by atoms with E-state index in [4.69, 9.17) is 4.74 Å². The second kappa shape index (κ2) is 8.42. The second-order valence-electron chi connectivity index (χ2n) is 7.93. The summed E-state index contributed by atoms with van der Waals surface area (Å²) >= 11 is 1.34. The average Bonchev–Trinajstić information content (AvgIpc) is 3.34. The van der Waals surface area contributed by atoms with Crippen molar-refractivity contribution in [1.82, 2.24) is 4.90 Å². The van der Waals surface area contributed by atoms with Gasteiger partial charge in [0.05, 0.1) is 18.6 Å². The number of carbonyl (C=O) groups is 3. The second-order valence-corrected chi connectivity index (χ2v) is 8.81. The summed E-state index contributed by atoms with van der Waals surface area (Å²) in [5.41, 5.74) is 1.34. The van der Waals surface area contributed by atoms with E-state index in [-0.39, 0.29) is 24.2 Å². The zero-order valence-corrected chi connectivity index (χ0v) is 17.1. The fourth-order valence-corrected chi connectivity index (χ4v) is 5.06. The minimum absolute atomic E-state index is 0.0712. The summed E-state index contributed by atoms with van der Waals surface area (Å²) in [7, 11) is 1.35. The lowest BCUT2D eigenvalue weighted by molar-refractivity contribution is -0.129. The third-order valence-corrected chi connectivity index (χ3v) is 6.36. The Kier molecular flexibility index (Phi) is 6.19. The van der Waals surface area contributed by atoms with Gasteiger partial charge in [-0.15, -0.1) is 11.3 Å². The number of hydrogen-bond acceptors (Lipinski definition) is 5. The predicted octanol–water partition coefficient (Wildman–Crippen LogP) is 3.46. The van der Waals surface area contributed by atoms with Crippen molar-refractivity contribution in [3.8, 4) is 0 Å². The zero-order chi connectivity index (χ0) is 19.6. The van der Waals surface area contributed by atoms with E-state index < -0.39 is 5.97 Å².